The van der Waals surface area contributed by atoms with Crippen LogP contribution in [-0.4, -0.2) is 12.3 Å². The van der Waals surface area contributed by atoms with Crippen molar-refractivity contribution in [3.8, 4) is 0 Å². The van der Waals surface area contributed by atoms with Crippen LogP contribution < -0.4 is 5.73 Å². The van der Waals surface area contributed by atoms with Crippen LogP contribution in [-0.2, 0) is 0 Å². The van der Waals surface area contributed by atoms with Crippen LogP contribution in [0.3, 0.4) is 0 Å². The minimum absolute atomic E-state index is 0.0214. The maximum absolute atomic E-state index is 13.3. The van der Waals surface area contributed by atoms with Gasteiger partial charge in [0.15, 0.2) is 5.78 Å². The van der Waals surface area contributed by atoms with E-state index in [1.807, 2.05) is 0 Å². The Morgan fingerprint density at radius 3 is 2.43 bits per heavy atom. The van der Waals surface area contributed by atoms with E-state index in [2.05, 4.69) is 0 Å². The smallest absolute Gasteiger partial charge is 0.176 e. The third-order valence-electron chi connectivity index (χ3n) is 2.18. The molecule has 0 atom stereocenters. The highest BCUT2D eigenvalue weighted by Crippen LogP contribution is 2.19. The summed E-state index contributed by atoms with van der Waals surface area (Å²) in [5.74, 6) is -1.85. The molecule has 1 aromatic carbocycles. The minimum atomic E-state index is -0.718. The predicted molar refractivity (Wildman–Crippen MR) is 49.2 cm³/mol. The minimum Gasteiger partial charge on any atom is -0.324 e. The lowest BCUT2D eigenvalue weighted by Crippen LogP contribution is -2.16. The molecule has 0 bridgehead atoms. The van der Waals surface area contributed by atoms with E-state index in [0.29, 0.717) is 0 Å². The molecule has 0 radical (unpaired) electrons. The van der Waals surface area contributed by atoms with Crippen molar-refractivity contribution >= 4 is 5.78 Å². The van der Waals surface area contributed by atoms with Gasteiger partial charge in [0.2, 0.25) is 0 Å². The summed E-state index contributed by atoms with van der Waals surface area (Å²) in [6.07, 6.45) is 0. The van der Waals surface area contributed by atoms with Crippen LogP contribution in [0.5, 0.6) is 0 Å². The molecule has 0 heterocycles. The normalized spacial score (nSPS) is 10.4. The molecule has 0 saturated heterocycles. The summed E-state index contributed by atoms with van der Waals surface area (Å²) in [5, 5.41) is 0. The molecular formula is C10H11F2NO. The molecular weight excluding hydrogens is 188 g/mol. The van der Waals surface area contributed by atoms with Crippen LogP contribution in [0.25, 0.3) is 0 Å². The first-order valence-corrected chi connectivity index (χ1v) is 4.17. The Kier molecular flexibility index (Phi) is 2.96. The van der Waals surface area contributed by atoms with E-state index in [4.69, 9.17) is 5.73 Å². The average molecular weight is 199 g/mol. The molecule has 0 spiro atoms. The highest BCUT2D eigenvalue weighted by molar-refractivity contribution is 5.98. The molecule has 1 rings (SSSR count). The quantitative estimate of drug-likeness (QED) is 0.737. The lowest BCUT2D eigenvalue weighted by molar-refractivity contribution is 0.1000. The van der Waals surface area contributed by atoms with Crippen molar-refractivity contribution in [3.63, 3.8) is 0 Å². The Labute approximate surface area is 80.7 Å². The fourth-order valence-electron chi connectivity index (χ4n) is 1.25. The van der Waals surface area contributed by atoms with E-state index >= 15 is 0 Å². The Morgan fingerprint density at radius 2 is 1.93 bits per heavy atom. The fourth-order valence-corrected chi connectivity index (χ4v) is 1.25. The largest absolute Gasteiger partial charge is 0.324 e. The van der Waals surface area contributed by atoms with Gasteiger partial charge < -0.3 is 5.73 Å². The maximum Gasteiger partial charge on any atom is 0.176 e. The van der Waals surface area contributed by atoms with Crippen LogP contribution in [0.15, 0.2) is 6.07 Å². The van der Waals surface area contributed by atoms with Gasteiger partial charge >= 0.3 is 0 Å². The number of hydrogen-bond acceptors (Lipinski definition) is 2. The summed E-state index contributed by atoms with van der Waals surface area (Å²) in [5.41, 5.74) is 5.22. The second-order valence-corrected chi connectivity index (χ2v) is 3.10. The van der Waals surface area contributed by atoms with Crippen LogP contribution >= 0.6 is 0 Å². The molecule has 0 saturated carbocycles. The third kappa shape index (κ3) is 1.65. The molecule has 0 aliphatic rings. The molecule has 0 amide bonds. The summed E-state index contributed by atoms with van der Waals surface area (Å²) in [6, 6.07) is 1.03. The molecule has 14 heavy (non-hydrogen) atoms. The number of ketones is 1. The van der Waals surface area contributed by atoms with Crippen molar-refractivity contribution in [3.05, 3.63) is 34.4 Å². The number of carbonyl (C=O) groups is 1. The van der Waals surface area contributed by atoms with E-state index in [0.717, 1.165) is 6.07 Å². The Morgan fingerprint density at radius 1 is 1.36 bits per heavy atom. The number of rotatable bonds is 2. The number of carbonyl (C=O) groups excluding carboxylic acids is 1. The first-order valence-electron chi connectivity index (χ1n) is 4.17. The summed E-state index contributed by atoms with van der Waals surface area (Å²) in [6.45, 7) is 2.52. The lowest BCUT2D eigenvalue weighted by atomic mass is 10.0. The highest BCUT2D eigenvalue weighted by atomic mass is 19.1. The first-order chi connectivity index (χ1) is 6.49. The summed E-state index contributed by atoms with van der Waals surface area (Å²) in [4.78, 5) is 11.2. The number of Topliss-reactive ketones (excluding diaryl/α,β-unsaturated/α-hetero) is 1. The Bertz CT molecular complexity index is 388. The van der Waals surface area contributed by atoms with Crippen molar-refractivity contribution in [1.82, 2.24) is 0 Å². The molecule has 0 aliphatic heterocycles. The summed E-state index contributed by atoms with van der Waals surface area (Å²) in [7, 11) is 0. The average Bonchev–Trinajstić information content (AvgIpc) is 2.19. The lowest BCUT2D eigenvalue weighted by Gasteiger charge is -2.07. The molecule has 4 heteroatoms. The molecule has 2 N–H and O–H groups in total. The van der Waals surface area contributed by atoms with Crippen LogP contribution in [0.4, 0.5) is 8.78 Å². The maximum atomic E-state index is 13.3. The van der Waals surface area contributed by atoms with Crippen molar-refractivity contribution in [2.75, 3.05) is 6.54 Å². The topological polar surface area (TPSA) is 43.1 Å². The van der Waals surface area contributed by atoms with Crippen molar-refractivity contribution in [2.45, 2.75) is 13.8 Å². The van der Waals surface area contributed by atoms with Gasteiger partial charge in [-0.3, -0.25) is 4.79 Å². The van der Waals surface area contributed by atoms with E-state index in [1.165, 1.54) is 13.8 Å². The van der Waals surface area contributed by atoms with Gasteiger partial charge in [-0.05, 0) is 25.5 Å². The third-order valence-corrected chi connectivity index (χ3v) is 2.18. The van der Waals surface area contributed by atoms with Crippen molar-refractivity contribution < 1.29 is 13.6 Å². The van der Waals surface area contributed by atoms with Crippen molar-refractivity contribution in [1.29, 1.82) is 0 Å². The monoisotopic (exact) mass is 199 g/mol. The van der Waals surface area contributed by atoms with Crippen LogP contribution in [0.2, 0.25) is 0 Å². The number of halogens is 2. The van der Waals surface area contributed by atoms with Gasteiger partial charge in [-0.25, -0.2) is 8.78 Å². The molecule has 76 valence electrons. The molecule has 0 aromatic heterocycles. The molecule has 1 aromatic rings. The van der Waals surface area contributed by atoms with Gasteiger partial charge in [-0.2, -0.15) is 0 Å². The van der Waals surface area contributed by atoms with E-state index in [-0.39, 0.29) is 23.2 Å². The molecule has 0 fully saturated rings. The number of benzene rings is 1. The zero-order valence-corrected chi connectivity index (χ0v) is 8.03. The van der Waals surface area contributed by atoms with E-state index in [9.17, 15) is 13.6 Å². The Balaban J connectivity index is 3.40. The van der Waals surface area contributed by atoms with Gasteiger partial charge in [-0.1, -0.05) is 0 Å². The molecule has 2 nitrogen and oxygen atoms in total. The van der Waals surface area contributed by atoms with E-state index in [1.54, 1.807) is 0 Å². The van der Waals surface area contributed by atoms with Gasteiger partial charge in [0.1, 0.15) is 11.6 Å². The van der Waals surface area contributed by atoms with Gasteiger partial charge in [0.25, 0.3) is 0 Å². The summed E-state index contributed by atoms with van der Waals surface area (Å²) < 4.78 is 26.4. The van der Waals surface area contributed by atoms with Gasteiger partial charge in [0.05, 0.1) is 6.54 Å². The van der Waals surface area contributed by atoms with Crippen LogP contribution in [0.1, 0.15) is 21.5 Å². The second kappa shape index (κ2) is 3.84. The standard InChI is InChI=1S/C10H11F2NO/c1-5-7(9(14)4-13)3-8(11)6(2)10(5)12/h3H,4,13H2,1-2H3. The molecule has 0 unspecified atom stereocenters. The summed E-state index contributed by atoms with van der Waals surface area (Å²) >= 11 is 0. The Hall–Kier alpha value is -1.29. The zero-order valence-electron chi connectivity index (χ0n) is 8.03. The number of nitrogens with two attached hydrogens (primary N) is 1. The van der Waals surface area contributed by atoms with Gasteiger partial charge in [0, 0.05) is 11.1 Å². The second-order valence-electron chi connectivity index (χ2n) is 3.10. The molecule has 0 aliphatic carbocycles. The van der Waals surface area contributed by atoms with Gasteiger partial charge in [-0.15, -0.1) is 0 Å². The zero-order chi connectivity index (χ0) is 10.9. The fraction of sp³-hybridized carbons (Fsp3) is 0.300. The SMILES string of the molecule is Cc1c(F)cc(C(=O)CN)c(C)c1F. The van der Waals surface area contributed by atoms with Crippen molar-refractivity contribution in [2.24, 2.45) is 5.73 Å². The highest BCUT2D eigenvalue weighted by Gasteiger charge is 2.16. The predicted octanol–water partition coefficient (Wildman–Crippen LogP) is 1.72. The first kappa shape index (κ1) is 10.8. The number of hydrogen-bond donors (Lipinski definition) is 1. The van der Waals surface area contributed by atoms with E-state index < -0.39 is 17.4 Å². The van der Waals surface area contributed by atoms with Crippen LogP contribution in [0, 0.1) is 25.5 Å².